The lowest BCUT2D eigenvalue weighted by Gasteiger charge is -2.11. The number of thiophene rings is 1. The van der Waals surface area contributed by atoms with Crippen molar-refractivity contribution in [2.75, 3.05) is 0 Å². The Hall–Kier alpha value is -3.56. The summed E-state index contributed by atoms with van der Waals surface area (Å²) in [6.07, 6.45) is 3.27. The molecule has 3 aromatic heterocycles. The minimum Gasteiger partial charge on any atom is -0.346 e. The molecule has 1 aromatic carbocycles. The number of pyridine rings is 1. The van der Waals surface area contributed by atoms with E-state index in [0.717, 1.165) is 0 Å². The molecule has 0 bridgehead atoms. The predicted molar refractivity (Wildman–Crippen MR) is 117 cm³/mol. The smallest absolute Gasteiger partial charge is 0.261 e. The molecule has 8 nitrogen and oxygen atoms in total. The predicted octanol–water partition coefficient (Wildman–Crippen LogP) is 3.27. The molecule has 0 spiro atoms. The quantitative estimate of drug-likeness (QED) is 0.452. The number of Topliss-reactive ketones (excluding diaryl/α,β-unsaturated/α-hetero) is 1. The van der Waals surface area contributed by atoms with Crippen LogP contribution in [-0.2, 0) is 6.54 Å². The molecule has 1 N–H and O–H groups in total. The van der Waals surface area contributed by atoms with Crippen molar-refractivity contribution in [3.05, 3.63) is 91.7 Å². The Morgan fingerprint density at radius 2 is 2.00 bits per heavy atom. The highest BCUT2D eigenvalue weighted by Crippen LogP contribution is 2.21. The van der Waals surface area contributed by atoms with E-state index >= 15 is 0 Å². The van der Waals surface area contributed by atoms with Crippen molar-refractivity contribution in [1.29, 1.82) is 0 Å². The van der Waals surface area contributed by atoms with Crippen LogP contribution in [0.2, 0.25) is 4.34 Å². The van der Waals surface area contributed by atoms with Crippen LogP contribution in [0.4, 0.5) is 0 Å². The second-order valence-corrected chi connectivity index (χ2v) is 8.32. The average molecular weight is 454 g/mol. The lowest BCUT2D eigenvalue weighted by molar-refractivity contribution is 0.0953. The van der Waals surface area contributed by atoms with Crippen molar-refractivity contribution in [3.63, 3.8) is 0 Å². The molecule has 4 aromatic rings. The number of hydrogen-bond donors (Lipinski definition) is 1. The fourth-order valence-electron chi connectivity index (χ4n) is 2.99. The standard InChI is InChI=1S/C21H16ClN5O3S/c1-13(28)16-10-15(26-9-3-2-4-20(26)29)5-6-17(16)27-12-14(24-25-27)11-23-21(30)18-7-8-19(22)31-18/h2-10,12H,11H2,1H3,(H,23,30). The van der Waals surface area contributed by atoms with Gasteiger partial charge in [0, 0.05) is 23.5 Å². The molecule has 156 valence electrons. The molecule has 0 aliphatic carbocycles. The number of benzene rings is 1. The van der Waals surface area contributed by atoms with Crippen LogP contribution >= 0.6 is 22.9 Å². The molecule has 0 aliphatic heterocycles. The summed E-state index contributed by atoms with van der Waals surface area (Å²) < 4.78 is 3.46. The van der Waals surface area contributed by atoms with Gasteiger partial charge in [-0.3, -0.25) is 19.0 Å². The molecule has 0 radical (unpaired) electrons. The van der Waals surface area contributed by atoms with E-state index < -0.39 is 0 Å². The summed E-state index contributed by atoms with van der Waals surface area (Å²) >= 11 is 7.05. The number of aromatic nitrogens is 4. The van der Waals surface area contributed by atoms with Crippen molar-refractivity contribution < 1.29 is 9.59 Å². The Labute approximate surface area is 185 Å². The summed E-state index contributed by atoms with van der Waals surface area (Å²) in [7, 11) is 0. The summed E-state index contributed by atoms with van der Waals surface area (Å²) in [5, 5.41) is 10.9. The topological polar surface area (TPSA) is 98.9 Å². The Kier molecular flexibility index (Phi) is 5.79. The van der Waals surface area contributed by atoms with Gasteiger partial charge in [-0.2, -0.15) is 0 Å². The Bertz CT molecular complexity index is 1340. The van der Waals surface area contributed by atoms with Gasteiger partial charge in [0.15, 0.2) is 5.78 Å². The van der Waals surface area contributed by atoms with Crippen LogP contribution in [0.5, 0.6) is 0 Å². The molecule has 1 amide bonds. The van der Waals surface area contributed by atoms with Crippen LogP contribution in [0.25, 0.3) is 11.4 Å². The number of carbonyl (C=O) groups excluding carboxylic acids is 2. The highest BCUT2D eigenvalue weighted by atomic mass is 35.5. The fourth-order valence-corrected chi connectivity index (χ4v) is 3.95. The SMILES string of the molecule is CC(=O)c1cc(-n2ccccc2=O)ccc1-n1cc(CNC(=O)c2ccc(Cl)s2)nn1. The number of carbonyl (C=O) groups is 2. The second kappa shape index (κ2) is 8.66. The number of hydrogen-bond acceptors (Lipinski definition) is 6. The van der Waals surface area contributed by atoms with Gasteiger partial charge in [-0.05, 0) is 43.3 Å². The number of nitrogens with one attached hydrogen (secondary N) is 1. The van der Waals surface area contributed by atoms with E-state index in [0.29, 0.717) is 31.8 Å². The summed E-state index contributed by atoms with van der Waals surface area (Å²) in [6.45, 7) is 1.61. The maximum Gasteiger partial charge on any atom is 0.261 e. The molecule has 0 atom stereocenters. The zero-order valence-electron chi connectivity index (χ0n) is 16.3. The fraction of sp³-hybridized carbons (Fsp3) is 0.0952. The summed E-state index contributed by atoms with van der Waals surface area (Å²) in [5.74, 6) is -0.436. The van der Waals surface area contributed by atoms with Gasteiger partial charge in [-0.25, -0.2) is 4.68 Å². The van der Waals surface area contributed by atoms with E-state index in [2.05, 4.69) is 15.6 Å². The van der Waals surface area contributed by atoms with Crippen molar-refractivity contribution in [2.24, 2.45) is 0 Å². The van der Waals surface area contributed by atoms with Crippen LogP contribution in [0.15, 0.2) is 65.7 Å². The van der Waals surface area contributed by atoms with Gasteiger partial charge < -0.3 is 5.32 Å². The van der Waals surface area contributed by atoms with E-state index in [1.165, 1.54) is 33.6 Å². The summed E-state index contributed by atoms with van der Waals surface area (Å²) in [4.78, 5) is 37.0. The average Bonchev–Trinajstić information content (AvgIpc) is 3.41. The van der Waals surface area contributed by atoms with Crippen LogP contribution in [-0.4, -0.2) is 31.3 Å². The number of nitrogens with zero attached hydrogens (tertiary/aromatic N) is 4. The molecular weight excluding hydrogens is 438 g/mol. The summed E-state index contributed by atoms with van der Waals surface area (Å²) in [6, 6.07) is 13.2. The minimum atomic E-state index is -0.256. The van der Waals surface area contributed by atoms with Crippen LogP contribution in [0.1, 0.15) is 32.6 Å². The first kappa shape index (κ1) is 20.7. The maximum absolute atomic E-state index is 12.3. The molecule has 0 aliphatic rings. The van der Waals surface area contributed by atoms with Crippen molar-refractivity contribution >= 4 is 34.6 Å². The van der Waals surface area contributed by atoms with Gasteiger partial charge in [0.2, 0.25) is 0 Å². The highest BCUT2D eigenvalue weighted by molar-refractivity contribution is 7.17. The first-order valence-electron chi connectivity index (χ1n) is 9.20. The van der Waals surface area contributed by atoms with Crippen molar-refractivity contribution in [1.82, 2.24) is 24.9 Å². The summed E-state index contributed by atoms with van der Waals surface area (Å²) in [5.41, 5.74) is 1.81. The van der Waals surface area contributed by atoms with E-state index in [1.807, 2.05) is 0 Å². The Balaban J connectivity index is 1.58. The van der Waals surface area contributed by atoms with Crippen molar-refractivity contribution in [3.8, 4) is 11.4 Å². The van der Waals surface area contributed by atoms with Crippen LogP contribution in [0.3, 0.4) is 0 Å². The lowest BCUT2D eigenvalue weighted by Crippen LogP contribution is -2.21. The largest absolute Gasteiger partial charge is 0.346 e. The molecule has 3 heterocycles. The normalized spacial score (nSPS) is 10.8. The van der Waals surface area contributed by atoms with Crippen molar-refractivity contribution in [2.45, 2.75) is 13.5 Å². The van der Waals surface area contributed by atoms with E-state index in [1.54, 1.807) is 54.9 Å². The third kappa shape index (κ3) is 4.47. The third-order valence-electron chi connectivity index (χ3n) is 4.47. The van der Waals surface area contributed by atoms with Gasteiger partial charge in [-0.15, -0.1) is 16.4 Å². The maximum atomic E-state index is 12.3. The van der Waals surface area contributed by atoms with Gasteiger partial charge in [0.1, 0.15) is 5.69 Å². The first-order valence-corrected chi connectivity index (χ1v) is 10.4. The zero-order chi connectivity index (χ0) is 22.0. The highest BCUT2D eigenvalue weighted by Gasteiger charge is 2.14. The van der Waals surface area contributed by atoms with Gasteiger partial charge in [0.25, 0.3) is 11.5 Å². The van der Waals surface area contributed by atoms with E-state index in [-0.39, 0.29) is 23.8 Å². The molecule has 10 heteroatoms. The Morgan fingerprint density at radius 3 is 2.71 bits per heavy atom. The van der Waals surface area contributed by atoms with Gasteiger partial charge >= 0.3 is 0 Å². The van der Waals surface area contributed by atoms with E-state index in [4.69, 9.17) is 11.6 Å². The molecule has 0 unspecified atom stereocenters. The molecule has 0 saturated heterocycles. The molecule has 31 heavy (non-hydrogen) atoms. The van der Waals surface area contributed by atoms with Gasteiger partial charge in [0.05, 0.1) is 27.6 Å². The third-order valence-corrected chi connectivity index (χ3v) is 5.70. The number of halogens is 1. The van der Waals surface area contributed by atoms with Crippen LogP contribution in [0, 0.1) is 0 Å². The minimum absolute atomic E-state index is 0.168. The first-order chi connectivity index (χ1) is 14.9. The lowest BCUT2D eigenvalue weighted by atomic mass is 10.1. The van der Waals surface area contributed by atoms with Gasteiger partial charge in [-0.1, -0.05) is 22.9 Å². The monoisotopic (exact) mass is 453 g/mol. The van der Waals surface area contributed by atoms with Crippen LogP contribution < -0.4 is 10.9 Å². The number of ketones is 1. The zero-order valence-corrected chi connectivity index (χ0v) is 17.9. The molecule has 4 rings (SSSR count). The molecule has 0 fully saturated rings. The molecular formula is C21H16ClN5O3S. The Morgan fingerprint density at radius 1 is 1.16 bits per heavy atom. The second-order valence-electron chi connectivity index (χ2n) is 6.61. The van der Waals surface area contributed by atoms with E-state index in [9.17, 15) is 14.4 Å². The number of rotatable bonds is 6. The number of amides is 1. The molecule has 0 saturated carbocycles.